The Balaban J connectivity index is 1.62. The molecule has 7 amide bonds. The van der Waals surface area contributed by atoms with E-state index >= 15 is 0 Å². The first-order chi connectivity index (χ1) is 28.6. The summed E-state index contributed by atoms with van der Waals surface area (Å²) in [4.78, 5) is 96.2. The van der Waals surface area contributed by atoms with Crippen molar-refractivity contribution in [2.45, 2.75) is 102 Å². The number of carboxylic acid groups (broad SMARTS) is 1. The number of likely N-dealkylation sites (N-methyl/N-ethyl adjacent to an activating group) is 1. The molecule has 3 aromatic carbocycles. The van der Waals surface area contributed by atoms with Crippen molar-refractivity contribution in [3.05, 3.63) is 102 Å². The zero-order valence-corrected chi connectivity index (χ0v) is 34.5. The normalized spacial score (nSPS) is 21.9. The van der Waals surface area contributed by atoms with Crippen LogP contribution in [0.3, 0.4) is 0 Å². The van der Waals surface area contributed by atoms with Crippen LogP contribution in [0.25, 0.3) is 0 Å². The summed E-state index contributed by atoms with van der Waals surface area (Å²) >= 11 is 0. The lowest BCUT2D eigenvalue weighted by Crippen LogP contribution is -2.60. The van der Waals surface area contributed by atoms with Gasteiger partial charge in [-0.25, -0.2) is 9.59 Å². The van der Waals surface area contributed by atoms with Gasteiger partial charge in [-0.15, -0.1) is 0 Å². The van der Waals surface area contributed by atoms with Crippen molar-refractivity contribution < 1.29 is 43.8 Å². The first-order valence-corrected chi connectivity index (χ1v) is 20.2. The number of carboxylic acids is 1. The number of aliphatic carboxylic acids is 1. The molecule has 0 aliphatic carbocycles. The van der Waals surface area contributed by atoms with Gasteiger partial charge in [0.25, 0.3) is 0 Å². The number of phenolic OH excluding ortho intramolecular Hbond substituents is 1. The highest BCUT2D eigenvalue weighted by Gasteiger charge is 2.35. The monoisotopic (exact) mass is 827 g/mol. The van der Waals surface area contributed by atoms with Crippen molar-refractivity contribution in [3.8, 4) is 5.75 Å². The van der Waals surface area contributed by atoms with Gasteiger partial charge in [-0.1, -0.05) is 86.6 Å². The maximum atomic E-state index is 14.2. The van der Waals surface area contributed by atoms with Gasteiger partial charge >= 0.3 is 12.0 Å². The van der Waals surface area contributed by atoms with Gasteiger partial charge in [-0.2, -0.15) is 0 Å². The van der Waals surface area contributed by atoms with E-state index in [1.165, 1.54) is 43.1 Å². The van der Waals surface area contributed by atoms with Crippen LogP contribution in [0.4, 0.5) is 4.79 Å². The number of aromatic hydroxyl groups is 1. The van der Waals surface area contributed by atoms with Crippen molar-refractivity contribution in [1.29, 1.82) is 0 Å². The van der Waals surface area contributed by atoms with Crippen molar-refractivity contribution in [3.63, 3.8) is 0 Å². The number of carbonyl (C=O) groups excluding carboxylic acids is 6. The molecule has 0 radical (unpaired) electrons. The highest BCUT2D eigenvalue weighted by atomic mass is 16.4. The zero-order chi connectivity index (χ0) is 43.8. The Morgan fingerprint density at radius 2 is 1.38 bits per heavy atom. The highest BCUT2D eigenvalue weighted by Crippen LogP contribution is 2.14. The SMILES string of the molecule is CC(C)[C@@H]1NC(=O)[C@H](NC(=O)N[C@@H](Cc2ccc(O)cc2)C(=O)O)CCCCNC(=O)[C@H](Cc2ccccc2)NC(=O)[C@H](C)N(C)C(=O)[C@H](CCc2ccccc2)NC1=O. The Hall–Kier alpha value is -6.45. The number of aryl methyl sites for hydroxylation is 1. The Labute approximate surface area is 350 Å². The summed E-state index contributed by atoms with van der Waals surface area (Å²) in [6.45, 7) is 5.12. The van der Waals surface area contributed by atoms with Crippen LogP contribution in [0.15, 0.2) is 84.9 Å². The van der Waals surface area contributed by atoms with Crippen molar-refractivity contribution in [2.75, 3.05) is 13.6 Å². The molecular formula is C44H57N7O9. The van der Waals surface area contributed by atoms with Crippen molar-refractivity contribution in [2.24, 2.45) is 5.92 Å². The van der Waals surface area contributed by atoms with Gasteiger partial charge in [0.05, 0.1) is 0 Å². The van der Waals surface area contributed by atoms with Crippen LogP contribution < -0.4 is 31.9 Å². The molecule has 4 rings (SSSR count). The third-order valence-corrected chi connectivity index (χ3v) is 10.5. The van der Waals surface area contributed by atoms with Crippen LogP contribution in [0.1, 0.15) is 63.1 Å². The van der Waals surface area contributed by atoms with E-state index in [-0.39, 0.29) is 38.0 Å². The molecule has 1 saturated heterocycles. The molecule has 1 heterocycles. The second-order valence-electron chi connectivity index (χ2n) is 15.4. The zero-order valence-electron chi connectivity index (χ0n) is 34.5. The van der Waals surface area contributed by atoms with Gasteiger partial charge in [0.1, 0.15) is 42.0 Å². The van der Waals surface area contributed by atoms with E-state index in [4.69, 9.17) is 0 Å². The van der Waals surface area contributed by atoms with Crippen LogP contribution >= 0.6 is 0 Å². The van der Waals surface area contributed by atoms with E-state index in [0.717, 1.165) is 11.1 Å². The second kappa shape index (κ2) is 22.6. The topological polar surface area (TPSA) is 235 Å². The van der Waals surface area contributed by atoms with E-state index in [0.29, 0.717) is 24.8 Å². The fraction of sp³-hybridized carbons (Fsp3) is 0.432. The largest absolute Gasteiger partial charge is 0.508 e. The summed E-state index contributed by atoms with van der Waals surface area (Å²) in [5.41, 5.74) is 2.24. The molecule has 60 heavy (non-hydrogen) atoms. The lowest BCUT2D eigenvalue weighted by atomic mass is 9.99. The minimum atomic E-state index is -1.39. The van der Waals surface area contributed by atoms with Gasteiger partial charge in [0.2, 0.25) is 29.5 Å². The average Bonchev–Trinajstić information content (AvgIpc) is 3.23. The number of rotatable bonds is 11. The molecule has 0 aromatic heterocycles. The van der Waals surface area contributed by atoms with Crippen LogP contribution in [0.2, 0.25) is 0 Å². The van der Waals surface area contributed by atoms with Crippen LogP contribution in [0.5, 0.6) is 5.75 Å². The number of amides is 7. The van der Waals surface area contributed by atoms with Crippen molar-refractivity contribution >= 4 is 41.5 Å². The first kappa shape index (κ1) is 46.2. The summed E-state index contributed by atoms with van der Waals surface area (Å²) < 4.78 is 0. The Bertz CT molecular complexity index is 1930. The summed E-state index contributed by atoms with van der Waals surface area (Å²) in [7, 11) is 1.45. The van der Waals surface area contributed by atoms with Gasteiger partial charge in [0, 0.05) is 26.4 Å². The molecule has 16 heteroatoms. The molecule has 8 N–H and O–H groups in total. The summed E-state index contributed by atoms with van der Waals surface area (Å²) in [5.74, 6) is -4.78. The third kappa shape index (κ3) is 14.1. The third-order valence-electron chi connectivity index (χ3n) is 10.5. The Kier molecular flexibility index (Phi) is 17.4. The lowest BCUT2D eigenvalue weighted by Gasteiger charge is -2.31. The number of nitrogens with zero attached hydrogens (tertiary/aromatic N) is 1. The molecule has 3 aromatic rings. The van der Waals surface area contributed by atoms with Crippen molar-refractivity contribution in [1.82, 2.24) is 36.8 Å². The minimum absolute atomic E-state index is 0.00754. The summed E-state index contributed by atoms with van der Waals surface area (Å²) in [5, 5.41) is 35.7. The Morgan fingerprint density at radius 3 is 2.00 bits per heavy atom. The van der Waals surface area contributed by atoms with Gasteiger partial charge in [-0.3, -0.25) is 24.0 Å². The molecule has 16 nitrogen and oxygen atoms in total. The maximum Gasteiger partial charge on any atom is 0.326 e. The van der Waals surface area contributed by atoms with Gasteiger partial charge in [-0.05, 0) is 73.8 Å². The number of urea groups is 1. The maximum absolute atomic E-state index is 14.2. The van der Waals surface area contributed by atoms with Gasteiger partial charge < -0.3 is 47.0 Å². The summed E-state index contributed by atoms with van der Waals surface area (Å²) in [6.07, 6.45) is 1.32. The van der Waals surface area contributed by atoms with E-state index in [1.807, 2.05) is 60.7 Å². The molecule has 1 aliphatic rings. The molecule has 1 fully saturated rings. The highest BCUT2D eigenvalue weighted by molar-refractivity contribution is 5.96. The van der Waals surface area contributed by atoms with Gasteiger partial charge in [0.15, 0.2) is 0 Å². The van der Waals surface area contributed by atoms with E-state index < -0.39 is 83.7 Å². The molecule has 6 atom stereocenters. The standard InChI is InChI=1S/C44H57N7O9/c1-27(2)37-41(56)46-34(23-20-29-13-7-5-8-14-29)42(57)51(4)28(3)38(53)47-35(25-30-15-9-6-10-16-30)39(54)45-24-12-11-17-33(40(55)50-37)48-44(60)49-36(43(58)59)26-31-18-21-32(52)22-19-31/h5-10,13-16,18-19,21-22,27-28,33-37,52H,11-12,17,20,23-26H2,1-4H3,(H,45,54)(H,46,56)(H,47,53)(H,50,55)(H,58,59)(H2,48,49,60)/t28-,33+,34-,35-,36-,37-/m0/s1. The fourth-order valence-corrected chi connectivity index (χ4v) is 6.73. The van der Waals surface area contributed by atoms with E-state index in [2.05, 4.69) is 31.9 Å². The van der Waals surface area contributed by atoms with Crippen LogP contribution in [0, 0.1) is 5.92 Å². The minimum Gasteiger partial charge on any atom is -0.508 e. The predicted molar refractivity (Wildman–Crippen MR) is 223 cm³/mol. The van der Waals surface area contributed by atoms with Crippen LogP contribution in [-0.4, -0.2) is 106 Å². The quantitative estimate of drug-likeness (QED) is 0.141. The number of benzene rings is 3. The van der Waals surface area contributed by atoms with E-state index in [9.17, 15) is 43.8 Å². The van der Waals surface area contributed by atoms with Crippen LogP contribution in [-0.2, 0) is 48.0 Å². The first-order valence-electron chi connectivity index (χ1n) is 20.2. The molecule has 322 valence electrons. The predicted octanol–water partition coefficient (Wildman–Crippen LogP) is 2.19. The lowest BCUT2D eigenvalue weighted by molar-refractivity contribution is -0.142. The molecule has 0 saturated carbocycles. The molecule has 1 aliphatic heterocycles. The average molecular weight is 828 g/mol. The molecule has 0 spiro atoms. The number of phenols is 1. The number of nitrogens with one attached hydrogen (secondary N) is 6. The number of hydrogen-bond donors (Lipinski definition) is 8. The molecular weight excluding hydrogens is 771 g/mol. The second-order valence-corrected chi connectivity index (χ2v) is 15.4. The number of hydrogen-bond acceptors (Lipinski definition) is 8. The molecule has 0 bridgehead atoms. The number of carbonyl (C=O) groups is 7. The fourth-order valence-electron chi connectivity index (χ4n) is 6.73. The Morgan fingerprint density at radius 1 is 0.767 bits per heavy atom. The van der Waals surface area contributed by atoms with E-state index in [1.54, 1.807) is 13.8 Å². The summed E-state index contributed by atoms with van der Waals surface area (Å²) in [6, 6.07) is 16.4. The smallest absolute Gasteiger partial charge is 0.326 e. The molecule has 0 unspecified atom stereocenters.